The highest BCUT2D eigenvalue weighted by atomic mass is 19.4. The lowest BCUT2D eigenvalue weighted by Gasteiger charge is -2.05. The Bertz CT molecular complexity index is 584. The van der Waals surface area contributed by atoms with E-state index >= 15 is 0 Å². The van der Waals surface area contributed by atoms with E-state index in [0.29, 0.717) is 11.9 Å². The van der Waals surface area contributed by atoms with Crippen molar-refractivity contribution in [2.24, 2.45) is 0 Å². The molecule has 2 heterocycles. The molecule has 0 atom stereocenters. The molecule has 0 bridgehead atoms. The van der Waals surface area contributed by atoms with Gasteiger partial charge in [-0.25, -0.2) is 9.67 Å². The molecule has 0 spiro atoms. The summed E-state index contributed by atoms with van der Waals surface area (Å²) in [6.45, 7) is 0.727. The van der Waals surface area contributed by atoms with Gasteiger partial charge in [0.15, 0.2) is 11.5 Å². The van der Waals surface area contributed by atoms with Gasteiger partial charge < -0.3 is 5.32 Å². The quantitative estimate of drug-likeness (QED) is 0.937. The first-order chi connectivity index (χ1) is 9.52. The molecule has 106 valence electrons. The van der Waals surface area contributed by atoms with Crippen LogP contribution in [0.15, 0.2) is 30.6 Å². The van der Waals surface area contributed by atoms with Crippen LogP contribution in [0.4, 0.5) is 13.2 Å². The van der Waals surface area contributed by atoms with Crippen molar-refractivity contribution >= 4 is 0 Å². The van der Waals surface area contributed by atoms with Crippen molar-refractivity contribution in [3.8, 4) is 5.82 Å². The first-order valence-corrected chi connectivity index (χ1v) is 6.34. The summed E-state index contributed by atoms with van der Waals surface area (Å²) < 4.78 is 38.5. The zero-order valence-electron chi connectivity index (χ0n) is 10.6. The van der Waals surface area contributed by atoms with Gasteiger partial charge in [-0.05, 0) is 30.5 Å². The molecule has 2 aromatic heterocycles. The molecule has 7 heteroatoms. The van der Waals surface area contributed by atoms with Crippen LogP contribution < -0.4 is 5.32 Å². The Morgan fingerprint density at radius 3 is 2.60 bits per heavy atom. The molecule has 1 N–H and O–H groups in total. The molecule has 0 aromatic carbocycles. The number of nitrogens with one attached hydrogen (secondary N) is 1. The smallest absolute Gasteiger partial charge is 0.310 e. The Kier molecular flexibility index (Phi) is 3.21. The lowest BCUT2D eigenvalue weighted by atomic mass is 10.3. The molecule has 1 aliphatic rings. The van der Waals surface area contributed by atoms with E-state index in [9.17, 15) is 13.2 Å². The standard InChI is InChI=1S/C13H13F3N4/c14-13(15,16)11-5-6-20(19-11)12-4-1-9(8-18-12)7-17-10-2-3-10/h1,4-6,8,10,17H,2-3,7H2. The van der Waals surface area contributed by atoms with Gasteiger partial charge in [0.05, 0.1) is 0 Å². The van der Waals surface area contributed by atoms with Gasteiger partial charge >= 0.3 is 6.18 Å². The molecule has 3 rings (SSSR count). The fourth-order valence-electron chi connectivity index (χ4n) is 1.81. The number of aromatic nitrogens is 3. The molecule has 1 aliphatic carbocycles. The highest BCUT2D eigenvalue weighted by molar-refractivity contribution is 5.25. The zero-order valence-corrected chi connectivity index (χ0v) is 10.6. The Balaban J connectivity index is 1.71. The number of hydrogen-bond acceptors (Lipinski definition) is 3. The number of pyridine rings is 1. The fourth-order valence-corrected chi connectivity index (χ4v) is 1.81. The molecular weight excluding hydrogens is 269 g/mol. The van der Waals surface area contributed by atoms with Crippen molar-refractivity contribution < 1.29 is 13.2 Å². The minimum Gasteiger partial charge on any atom is -0.310 e. The average Bonchev–Trinajstić information content (AvgIpc) is 3.09. The molecule has 2 aromatic rings. The molecule has 4 nitrogen and oxygen atoms in total. The van der Waals surface area contributed by atoms with E-state index in [-0.39, 0.29) is 0 Å². The van der Waals surface area contributed by atoms with Crippen LogP contribution in [0, 0.1) is 0 Å². The van der Waals surface area contributed by atoms with Crippen LogP contribution in [-0.4, -0.2) is 20.8 Å². The third-order valence-electron chi connectivity index (χ3n) is 3.10. The second kappa shape index (κ2) is 4.90. The van der Waals surface area contributed by atoms with E-state index in [4.69, 9.17) is 0 Å². The van der Waals surface area contributed by atoms with Crippen LogP contribution in [-0.2, 0) is 12.7 Å². The number of nitrogens with zero attached hydrogens (tertiary/aromatic N) is 3. The highest BCUT2D eigenvalue weighted by Gasteiger charge is 2.33. The van der Waals surface area contributed by atoms with Crippen molar-refractivity contribution in [2.45, 2.75) is 31.6 Å². The van der Waals surface area contributed by atoms with Gasteiger partial charge in [0.1, 0.15) is 0 Å². The maximum Gasteiger partial charge on any atom is 0.435 e. The molecule has 0 unspecified atom stereocenters. The predicted octanol–water partition coefficient (Wildman–Crippen LogP) is 2.54. The summed E-state index contributed by atoms with van der Waals surface area (Å²) in [4.78, 5) is 4.14. The Morgan fingerprint density at radius 1 is 1.25 bits per heavy atom. The lowest BCUT2D eigenvalue weighted by molar-refractivity contribution is -0.141. The summed E-state index contributed by atoms with van der Waals surface area (Å²) in [5.41, 5.74) is 0.0858. The van der Waals surface area contributed by atoms with E-state index in [0.717, 1.165) is 22.9 Å². The highest BCUT2D eigenvalue weighted by Crippen LogP contribution is 2.27. The van der Waals surface area contributed by atoms with Crippen LogP contribution >= 0.6 is 0 Å². The van der Waals surface area contributed by atoms with Crippen molar-refractivity contribution in [1.82, 2.24) is 20.1 Å². The minimum absolute atomic E-state index is 0.371. The maximum absolute atomic E-state index is 12.5. The van der Waals surface area contributed by atoms with Gasteiger partial charge in [0, 0.05) is 25.0 Å². The maximum atomic E-state index is 12.5. The van der Waals surface area contributed by atoms with Crippen molar-refractivity contribution in [2.75, 3.05) is 0 Å². The van der Waals surface area contributed by atoms with Gasteiger partial charge in [-0.3, -0.25) is 0 Å². The predicted molar refractivity (Wildman–Crippen MR) is 66.2 cm³/mol. The van der Waals surface area contributed by atoms with Crippen LogP contribution in [0.5, 0.6) is 0 Å². The van der Waals surface area contributed by atoms with Gasteiger partial charge in [0.2, 0.25) is 0 Å². The van der Waals surface area contributed by atoms with Gasteiger partial charge in [-0.2, -0.15) is 18.3 Å². The molecule has 0 saturated heterocycles. The summed E-state index contributed by atoms with van der Waals surface area (Å²) in [6, 6.07) is 5.05. The second-order valence-corrected chi connectivity index (χ2v) is 4.82. The molecule has 0 radical (unpaired) electrons. The van der Waals surface area contributed by atoms with Gasteiger partial charge in [-0.1, -0.05) is 6.07 Å². The normalized spacial score (nSPS) is 15.6. The van der Waals surface area contributed by atoms with Crippen LogP contribution in [0.1, 0.15) is 24.1 Å². The fraction of sp³-hybridized carbons (Fsp3) is 0.385. The average molecular weight is 282 g/mol. The van der Waals surface area contributed by atoms with E-state index in [1.165, 1.54) is 19.0 Å². The molecule has 1 fully saturated rings. The molecular formula is C13H13F3N4. The monoisotopic (exact) mass is 282 g/mol. The Hall–Kier alpha value is -1.89. The summed E-state index contributed by atoms with van der Waals surface area (Å²) in [5, 5.41) is 6.82. The van der Waals surface area contributed by atoms with Crippen molar-refractivity contribution in [3.05, 3.63) is 41.9 Å². The van der Waals surface area contributed by atoms with Crippen molar-refractivity contribution in [1.29, 1.82) is 0 Å². The first kappa shape index (κ1) is 13.1. The van der Waals surface area contributed by atoms with Gasteiger partial charge in [0.25, 0.3) is 0 Å². The zero-order chi connectivity index (χ0) is 14.2. The van der Waals surface area contributed by atoms with Crippen LogP contribution in [0.3, 0.4) is 0 Å². The minimum atomic E-state index is -4.43. The SMILES string of the molecule is FC(F)(F)c1ccn(-c2ccc(CNC3CC3)cn2)n1. The molecule has 0 aliphatic heterocycles. The Labute approximate surface area is 113 Å². The second-order valence-electron chi connectivity index (χ2n) is 4.82. The summed E-state index contributed by atoms with van der Waals surface area (Å²) >= 11 is 0. The van der Waals surface area contributed by atoms with Gasteiger partial charge in [-0.15, -0.1) is 0 Å². The summed E-state index contributed by atoms with van der Waals surface area (Å²) in [7, 11) is 0. The van der Waals surface area contributed by atoms with Crippen molar-refractivity contribution in [3.63, 3.8) is 0 Å². The van der Waals surface area contributed by atoms with E-state index in [1.54, 1.807) is 12.3 Å². The van der Waals surface area contributed by atoms with Crippen LogP contribution in [0.2, 0.25) is 0 Å². The number of hydrogen-bond donors (Lipinski definition) is 1. The third-order valence-corrected chi connectivity index (χ3v) is 3.10. The largest absolute Gasteiger partial charge is 0.435 e. The number of halogens is 3. The number of rotatable bonds is 4. The van der Waals surface area contributed by atoms with E-state index in [2.05, 4.69) is 15.4 Å². The van der Waals surface area contributed by atoms with Crippen LogP contribution in [0.25, 0.3) is 5.82 Å². The third kappa shape index (κ3) is 2.98. The summed E-state index contributed by atoms with van der Waals surface area (Å²) in [5.74, 6) is 0.371. The first-order valence-electron chi connectivity index (χ1n) is 6.34. The molecule has 0 amide bonds. The lowest BCUT2D eigenvalue weighted by Crippen LogP contribution is -2.15. The summed E-state index contributed by atoms with van der Waals surface area (Å²) in [6.07, 6.45) is 0.893. The Morgan fingerprint density at radius 2 is 2.05 bits per heavy atom. The molecule has 20 heavy (non-hydrogen) atoms. The topological polar surface area (TPSA) is 42.7 Å². The van der Waals surface area contributed by atoms with E-state index in [1.807, 2.05) is 6.07 Å². The van der Waals surface area contributed by atoms with E-state index < -0.39 is 11.9 Å². The number of alkyl halides is 3. The molecule has 1 saturated carbocycles.